The highest BCUT2D eigenvalue weighted by atomic mass is 16.5. The van der Waals surface area contributed by atoms with Gasteiger partial charge in [0, 0.05) is 26.2 Å². The molecule has 2 saturated heterocycles. The van der Waals surface area contributed by atoms with Crippen LogP contribution in [-0.2, 0) is 4.74 Å². The van der Waals surface area contributed by atoms with Crippen LogP contribution in [0.15, 0.2) is 23.2 Å². The van der Waals surface area contributed by atoms with Gasteiger partial charge in [-0.2, -0.15) is 0 Å². The Morgan fingerprint density at radius 1 is 1.07 bits per heavy atom. The van der Waals surface area contributed by atoms with Gasteiger partial charge < -0.3 is 24.8 Å². The number of likely N-dealkylation sites (tertiary alicyclic amines) is 1. The standard InChI is InChI=1S/C20H32N4O3/c1-25-18-7-6-16(14-19(18)26-2)17(23-10-12-27-13-11-23)15-22-20(21)24-8-4-3-5-9-24/h6-7,14,17H,3-5,8-13,15H2,1-2H3,(H2,21,22). The molecule has 1 unspecified atom stereocenters. The van der Waals surface area contributed by atoms with E-state index in [2.05, 4.69) is 15.9 Å². The number of morpholine rings is 1. The zero-order valence-electron chi connectivity index (χ0n) is 16.5. The number of rotatable bonds is 6. The van der Waals surface area contributed by atoms with Crippen LogP contribution in [0.5, 0.6) is 11.5 Å². The molecular formula is C20H32N4O3. The number of hydrogen-bond donors (Lipinski definition) is 1. The molecule has 0 aliphatic carbocycles. The number of aliphatic imine (C=N–C) groups is 1. The van der Waals surface area contributed by atoms with Gasteiger partial charge in [-0.25, -0.2) is 0 Å². The van der Waals surface area contributed by atoms with Crippen molar-refractivity contribution in [3.05, 3.63) is 23.8 Å². The van der Waals surface area contributed by atoms with Crippen LogP contribution in [0.2, 0.25) is 0 Å². The molecule has 3 rings (SSSR count). The molecule has 0 saturated carbocycles. The Morgan fingerprint density at radius 3 is 2.44 bits per heavy atom. The topological polar surface area (TPSA) is 72.6 Å². The molecule has 2 fully saturated rings. The van der Waals surface area contributed by atoms with Gasteiger partial charge in [0.15, 0.2) is 17.5 Å². The molecule has 2 heterocycles. The number of benzene rings is 1. The number of nitrogens with zero attached hydrogens (tertiary/aromatic N) is 3. The van der Waals surface area contributed by atoms with Gasteiger partial charge in [-0.3, -0.25) is 9.89 Å². The zero-order valence-corrected chi connectivity index (χ0v) is 16.5. The zero-order chi connectivity index (χ0) is 19.1. The number of guanidine groups is 1. The summed E-state index contributed by atoms with van der Waals surface area (Å²) in [5, 5.41) is 0. The summed E-state index contributed by atoms with van der Waals surface area (Å²) in [7, 11) is 3.32. The number of piperidine rings is 1. The van der Waals surface area contributed by atoms with Crippen molar-refractivity contribution >= 4 is 5.96 Å². The summed E-state index contributed by atoms with van der Waals surface area (Å²) < 4.78 is 16.4. The van der Waals surface area contributed by atoms with Gasteiger partial charge in [-0.15, -0.1) is 0 Å². The van der Waals surface area contributed by atoms with Crippen molar-refractivity contribution in [1.29, 1.82) is 0 Å². The second-order valence-corrected chi connectivity index (χ2v) is 7.03. The predicted octanol–water partition coefficient (Wildman–Crippen LogP) is 1.88. The summed E-state index contributed by atoms with van der Waals surface area (Å²) in [4.78, 5) is 9.38. The van der Waals surface area contributed by atoms with Crippen molar-refractivity contribution < 1.29 is 14.2 Å². The Hall–Kier alpha value is -1.99. The Labute approximate surface area is 162 Å². The fraction of sp³-hybridized carbons (Fsp3) is 0.650. The van der Waals surface area contributed by atoms with Crippen molar-refractivity contribution in [3.8, 4) is 11.5 Å². The molecule has 2 N–H and O–H groups in total. The second-order valence-electron chi connectivity index (χ2n) is 7.03. The van der Waals surface area contributed by atoms with Gasteiger partial charge in [0.05, 0.1) is 40.0 Å². The summed E-state index contributed by atoms with van der Waals surface area (Å²) in [6.07, 6.45) is 3.67. The quantitative estimate of drug-likeness (QED) is 0.604. The molecule has 27 heavy (non-hydrogen) atoms. The molecule has 0 aromatic heterocycles. The minimum atomic E-state index is 0.136. The maximum absolute atomic E-state index is 6.29. The summed E-state index contributed by atoms with van der Waals surface area (Å²) >= 11 is 0. The second kappa shape index (κ2) is 9.80. The SMILES string of the molecule is COc1ccc(C(CN=C(N)N2CCCCC2)N2CCOCC2)cc1OC. The Bertz CT molecular complexity index is 626. The van der Waals surface area contributed by atoms with Crippen molar-refractivity contribution in [2.75, 3.05) is 60.2 Å². The number of nitrogens with two attached hydrogens (primary N) is 1. The van der Waals surface area contributed by atoms with Crippen LogP contribution >= 0.6 is 0 Å². The van der Waals surface area contributed by atoms with Gasteiger partial charge in [-0.1, -0.05) is 6.07 Å². The summed E-state index contributed by atoms with van der Waals surface area (Å²) in [6.45, 7) is 5.90. The van der Waals surface area contributed by atoms with Crippen LogP contribution in [0.4, 0.5) is 0 Å². The van der Waals surface area contributed by atoms with E-state index in [1.165, 1.54) is 19.3 Å². The van der Waals surface area contributed by atoms with E-state index < -0.39 is 0 Å². The fourth-order valence-corrected chi connectivity index (χ4v) is 3.78. The highest BCUT2D eigenvalue weighted by Gasteiger charge is 2.24. The van der Waals surface area contributed by atoms with Gasteiger partial charge in [0.2, 0.25) is 0 Å². The first-order valence-electron chi connectivity index (χ1n) is 9.81. The van der Waals surface area contributed by atoms with E-state index in [-0.39, 0.29) is 6.04 Å². The molecule has 2 aliphatic rings. The molecule has 0 spiro atoms. The molecule has 7 heteroatoms. The molecule has 7 nitrogen and oxygen atoms in total. The minimum absolute atomic E-state index is 0.136. The monoisotopic (exact) mass is 376 g/mol. The van der Waals surface area contributed by atoms with Crippen LogP contribution in [-0.4, -0.2) is 75.9 Å². The van der Waals surface area contributed by atoms with E-state index in [1.54, 1.807) is 14.2 Å². The lowest BCUT2D eigenvalue weighted by atomic mass is 10.0. The van der Waals surface area contributed by atoms with Crippen molar-refractivity contribution in [3.63, 3.8) is 0 Å². The Kier molecular flexibility index (Phi) is 7.18. The minimum Gasteiger partial charge on any atom is -0.493 e. The maximum Gasteiger partial charge on any atom is 0.191 e. The van der Waals surface area contributed by atoms with Crippen molar-refractivity contribution in [1.82, 2.24) is 9.80 Å². The fourth-order valence-electron chi connectivity index (χ4n) is 3.78. The third kappa shape index (κ3) is 5.05. The highest BCUT2D eigenvalue weighted by molar-refractivity contribution is 5.78. The normalized spacial score (nSPS) is 20.4. The van der Waals surface area contributed by atoms with E-state index in [4.69, 9.17) is 24.9 Å². The van der Waals surface area contributed by atoms with Crippen molar-refractivity contribution in [2.24, 2.45) is 10.7 Å². The summed E-state index contributed by atoms with van der Waals surface area (Å²) in [6, 6.07) is 6.23. The molecule has 0 amide bonds. The number of hydrogen-bond acceptors (Lipinski definition) is 5. The molecule has 2 aliphatic heterocycles. The lowest BCUT2D eigenvalue weighted by Gasteiger charge is -2.34. The molecule has 0 bridgehead atoms. The van der Waals surface area contributed by atoms with Crippen LogP contribution in [0.3, 0.4) is 0 Å². The van der Waals surface area contributed by atoms with Crippen molar-refractivity contribution in [2.45, 2.75) is 25.3 Å². The number of methoxy groups -OCH3 is 2. The summed E-state index contributed by atoms with van der Waals surface area (Å²) in [5.41, 5.74) is 7.45. The van der Waals surface area contributed by atoms with E-state index in [0.29, 0.717) is 12.5 Å². The van der Waals surface area contributed by atoms with E-state index >= 15 is 0 Å². The lowest BCUT2D eigenvalue weighted by Crippen LogP contribution is -2.43. The lowest BCUT2D eigenvalue weighted by molar-refractivity contribution is 0.0179. The average molecular weight is 377 g/mol. The maximum atomic E-state index is 6.29. The van der Waals surface area contributed by atoms with E-state index in [1.807, 2.05) is 12.1 Å². The van der Waals surface area contributed by atoms with Gasteiger partial charge in [0.1, 0.15) is 0 Å². The molecule has 1 aromatic carbocycles. The van der Waals surface area contributed by atoms with Gasteiger partial charge in [0.25, 0.3) is 0 Å². The highest BCUT2D eigenvalue weighted by Crippen LogP contribution is 2.32. The number of ether oxygens (including phenoxy) is 3. The van der Waals surface area contributed by atoms with Crippen LogP contribution in [0.25, 0.3) is 0 Å². The molecule has 0 radical (unpaired) electrons. The Morgan fingerprint density at radius 2 is 1.78 bits per heavy atom. The van der Waals surface area contributed by atoms with Crippen LogP contribution in [0, 0.1) is 0 Å². The smallest absolute Gasteiger partial charge is 0.191 e. The average Bonchev–Trinajstić information content (AvgIpc) is 2.75. The van der Waals surface area contributed by atoms with Gasteiger partial charge in [-0.05, 0) is 37.0 Å². The van der Waals surface area contributed by atoms with Crippen LogP contribution in [0.1, 0.15) is 30.9 Å². The largest absolute Gasteiger partial charge is 0.493 e. The molecule has 1 atom stereocenters. The van der Waals surface area contributed by atoms with E-state index in [9.17, 15) is 0 Å². The third-order valence-corrected chi connectivity index (χ3v) is 5.39. The summed E-state index contributed by atoms with van der Waals surface area (Å²) in [5.74, 6) is 2.13. The first-order valence-corrected chi connectivity index (χ1v) is 9.81. The third-order valence-electron chi connectivity index (χ3n) is 5.39. The van der Waals surface area contributed by atoms with Gasteiger partial charge >= 0.3 is 0 Å². The Balaban J connectivity index is 1.80. The first kappa shape index (κ1) is 19.8. The predicted molar refractivity (Wildman–Crippen MR) is 107 cm³/mol. The molecule has 150 valence electrons. The molecular weight excluding hydrogens is 344 g/mol. The van der Waals surface area contributed by atoms with Crippen LogP contribution < -0.4 is 15.2 Å². The molecule has 1 aromatic rings. The van der Waals surface area contributed by atoms with E-state index in [0.717, 1.165) is 56.5 Å². The first-order chi connectivity index (χ1) is 13.2.